The molecule has 0 aliphatic rings. The third-order valence-electron chi connectivity index (χ3n) is 3.33. The van der Waals surface area contributed by atoms with E-state index < -0.39 is 29.0 Å². The highest BCUT2D eigenvalue weighted by Crippen LogP contribution is 2.19. The molecule has 0 aliphatic carbocycles. The van der Waals surface area contributed by atoms with Crippen molar-refractivity contribution in [2.75, 3.05) is 18.9 Å². The summed E-state index contributed by atoms with van der Waals surface area (Å²) >= 11 is 0. The molecule has 1 N–H and O–H groups in total. The van der Waals surface area contributed by atoms with Gasteiger partial charge in [-0.15, -0.1) is 0 Å². The van der Waals surface area contributed by atoms with Gasteiger partial charge < -0.3 is 9.84 Å². The van der Waals surface area contributed by atoms with Gasteiger partial charge in [-0.3, -0.25) is 9.69 Å². The molecule has 1 aromatic heterocycles. The number of halogens is 3. The van der Waals surface area contributed by atoms with Gasteiger partial charge in [0.05, 0.1) is 17.9 Å². The molecule has 0 fully saturated rings. The molecule has 0 bridgehead atoms. The minimum Gasteiger partial charge on any atom is -0.361 e. The minimum atomic E-state index is -1.62. The van der Waals surface area contributed by atoms with Crippen LogP contribution in [0, 0.1) is 31.3 Å². The summed E-state index contributed by atoms with van der Waals surface area (Å²) < 4.78 is 44.5. The molecule has 8 heteroatoms. The SMILES string of the molecule is Cc1noc(C)c1CN(C)CC(=O)Nc1ccc(F)c(F)c1F. The number of carbonyl (C=O) groups excluding carboxylic acids is 1. The zero-order chi connectivity index (χ0) is 17.1. The second kappa shape index (κ2) is 6.82. The highest BCUT2D eigenvalue weighted by Gasteiger charge is 2.17. The van der Waals surface area contributed by atoms with E-state index in [0.717, 1.165) is 23.4 Å². The number of hydrogen-bond donors (Lipinski definition) is 1. The largest absolute Gasteiger partial charge is 0.361 e. The van der Waals surface area contributed by atoms with Gasteiger partial charge in [-0.2, -0.15) is 0 Å². The molecule has 1 amide bonds. The Kier molecular flexibility index (Phi) is 5.05. The second-order valence-electron chi connectivity index (χ2n) is 5.25. The fraction of sp³-hybridized carbons (Fsp3) is 0.333. The van der Waals surface area contributed by atoms with Gasteiger partial charge in [0, 0.05) is 12.1 Å². The van der Waals surface area contributed by atoms with Crippen LogP contribution < -0.4 is 5.32 Å². The zero-order valence-electron chi connectivity index (χ0n) is 12.9. The van der Waals surface area contributed by atoms with Crippen LogP contribution in [-0.2, 0) is 11.3 Å². The molecule has 124 valence electrons. The van der Waals surface area contributed by atoms with Crippen LogP contribution in [0.25, 0.3) is 0 Å². The van der Waals surface area contributed by atoms with Crippen molar-refractivity contribution in [3.05, 3.63) is 46.6 Å². The van der Waals surface area contributed by atoms with E-state index in [1.165, 1.54) is 0 Å². The standard InChI is InChI=1S/C15H16F3N3O2/c1-8-10(9(2)23-20-8)6-21(3)7-13(22)19-12-5-4-11(16)14(17)15(12)18/h4-5H,6-7H2,1-3H3,(H,19,22). The predicted molar refractivity (Wildman–Crippen MR) is 77.3 cm³/mol. The molecular weight excluding hydrogens is 311 g/mol. The van der Waals surface area contributed by atoms with Crippen LogP contribution in [0.1, 0.15) is 17.0 Å². The third-order valence-corrected chi connectivity index (χ3v) is 3.33. The van der Waals surface area contributed by atoms with Crippen LogP contribution in [0.2, 0.25) is 0 Å². The molecule has 0 aliphatic heterocycles. The summed E-state index contributed by atoms with van der Waals surface area (Å²) in [6, 6.07) is 1.72. The maximum atomic E-state index is 13.5. The first-order valence-electron chi connectivity index (χ1n) is 6.83. The second-order valence-corrected chi connectivity index (χ2v) is 5.25. The number of carbonyl (C=O) groups is 1. The molecule has 1 aromatic carbocycles. The highest BCUT2D eigenvalue weighted by atomic mass is 19.2. The molecule has 0 radical (unpaired) electrons. The number of rotatable bonds is 5. The fourth-order valence-electron chi connectivity index (χ4n) is 2.11. The number of amides is 1. The minimum absolute atomic E-state index is 0.0670. The van der Waals surface area contributed by atoms with Crippen molar-refractivity contribution in [3.63, 3.8) is 0 Å². The van der Waals surface area contributed by atoms with Gasteiger partial charge in [0.1, 0.15) is 5.76 Å². The Balaban J connectivity index is 1.98. The quantitative estimate of drug-likeness (QED) is 0.858. The molecule has 0 atom stereocenters. The van der Waals surface area contributed by atoms with Crippen LogP contribution in [0.3, 0.4) is 0 Å². The first kappa shape index (κ1) is 17.0. The van der Waals surface area contributed by atoms with E-state index in [4.69, 9.17) is 4.52 Å². The summed E-state index contributed by atoms with van der Waals surface area (Å²) in [5.74, 6) is -4.25. The summed E-state index contributed by atoms with van der Waals surface area (Å²) in [5, 5.41) is 6.03. The van der Waals surface area contributed by atoms with Gasteiger partial charge >= 0.3 is 0 Å². The van der Waals surface area contributed by atoms with Crippen molar-refractivity contribution in [1.29, 1.82) is 0 Å². The van der Waals surface area contributed by atoms with Crippen LogP contribution >= 0.6 is 0 Å². The van der Waals surface area contributed by atoms with Crippen molar-refractivity contribution < 1.29 is 22.5 Å². The van der Waals surface area contributed by atoms with Crippen molar-refractivity contribution in [1.82, 2.24) is 10.1 Å². The van der Waals surface area contributed by atoms with E-state index in [1.54, 1.807) is 25.8 Å². The van der Waals surface area contributed by atoms with Crippen LogP contribution in [0.5, 0.6) is 0 Å². The Bertz CT molecular complexity index is 711. The summed E-state index contributed by atoms with van der Waals surface area (Å²) in [7, 11) is 1.69. The van der Waals surface area contributed by atoms with Crippen molar-refractivity contribution >= 4 is 11.6 Å². The first-order chi connectivity index (χ1) is 10.8. The molecule has 5 nitrogen and oxygen atoms in total. The molecule has 2 aromatic rings. The lowest BCUT2D eigenvalue weighted by molar-refractivity contribution is -0.117. The number of benzene rings is 1. The maximum Gasteiger partial charge on any atom is 0.238 e. The van der Waals surface area contributed by atoms with Crippen molar-refractivity contribution in [2.24, 2.45) is 0 Å². The smallest absolute Gasteiger partial charge is 0.238 e. The van der Waals surface area contributed by atoms with E-state index in [1.807, 2.05) is 0 Å². The maximum absolute atomic E-state index is 13.5. The Morgan fingerprint density at radius 3 is 2.57 bits per heavy atom. The van der Waals surface area contributed by atoms with Gasteiger partial charge in [-0.1, -0.05) is 5.16 Å². The Morgan fingerprint density at radius 2 is 1.96 bits per heavy atom. The average Bonchev–Trinajstić information content (AvgIpc) is 2.79. The predicted octanol–water partition coefficient (Wildman–Crippen LogP) is 2.78. The van der Waals surface area contributed by atoms with Crippen LogP contribution in [0.4, 0.5) is 18.9 Å². The third kappa shape index (κ3) is 3.89. The Morgan fingerprint density at radius 1 is 1.26 bits per heavy atom. The van der Waals surface area contributed by atoms with Gasteiger partial charge in [-0.25, -0.2) is 13.2 Å². The van der Waals surface area contributed by atoms with E-state index in [2.05, 4.69) is 10.5 Å². The van der Waals surface area contributed by atoms with Gasteiger partial charge in [-0.05, 0) is 33.0 Å². The molecule has 2 rings (SSSR count). The van der Waals surface area contributed by atoms with Crippen LogP contribution in [-0.4, -0.2) is 29.6 Å². The number of likely N-dealkylation sites (N-methyl/N-ethyl adjacent to an activating group) is 1. The number of hydrogen-bond acceptors (Lipinski definition) is 4. The van der Waals surface area contributed by atoms with Crippen molar-refractivity contribution in [3.8, 4) is 0 Å². The van der Waals surface area contributed by atoms with Gasteiger partial charge in [0.25, 0.3) is 0 Å². The van der Waals surface area contributed by atoms with E-state index in [-0.39, 0.29) is 6.54 Å². The lowest BCUT2D eigenvalue weighted by Gasteiger charge is -2.16. The molecule has 0 saturated heterocycles. The van der Waals surface area contributed by atoms with Crippen molar-refractivity contribution in [2.45, 2.75) is 20.4 Å². The highest BCUT2D eigenvalue weighted by molar-refractivity contribution is 5.92. The number of anilines is 1. The normalized spacial score (nSPS) is 11.1. The molecule has 0 spiro atoms. The lowest BCUT2D eigenvalue weighted by Crippen LogP contribution is -2.30. The fourth-order valence-corrected chi connectivity index (χ4v) is 2.11. The molecule has 23 heavy (non-hydrogen) atoms. The van der Waals surface area contributed by atoms with Crippen LogP contribution in [0.15, 0.2) is 16.7 Å². The number of nitrogens with one attached hydrogen (secondary N) is 1. The zero-order valence-corrected chi connectivity index (χ0v) is 12.9. The molecule has 1 heterocycles. The first-order valence-corrected chi connectivity index (χ1v) is 6.83. The lowest BCUT2D eigenvalue weighted by atomic mass is 10.2. The van der Waals surface area contributed by atoms with E-state index >= 15 is 0 Å². The van der Waals surface area contributed by atoms with Gasteiger partial charge in [0.2, 0.25) is 5.91 Å². The van der Waals surface area contributed by atoms with E-state index in [0.29, 0.717) is 12.3 Å². The summed E-state index contributed by atoms with van der Waals surface area (Å²) in [6.07, 6.45) is 0. The number of aryl methyl sites for hydroxylation is 2. The summed E-state index contributed by atoms with van der Waals surface area (Å²) in [6.45, 7) is 3.90. The summed E-state index contributed by atoms with van der Waals surface area (Å²) in [4.78, 5) is 13.6. The molecule has 0 saturated carbocycles. The molecule has 0 unspecified atom stereocenters. The Hall–Kier alpha value is -2.35. The topological polar surface area (TPSA) is 58.4 Å². The monoisotopic (exact) mass is 327 g/mol. The Labute approximate surface area is 131 Å². The summed E-state index contributed by atoms with van der Waals surface area (Å²) in [5.41, 5.74) is 1.18. The molecular formula is C15H16F3N3O2. The number of aromatic nitrogens is 1. The van der Waals surface area contributed by atoms with E-state index in [9.17, 15) is 18.0 Å². The number of nitrogens with zero attached hydrogens (tertiary/aromatic N) is 2. The average molecular weight is 327 g/mol. The van der Waals surface area contributed by atoms with Gasteiger partial charge in [0.15, 0.2) is 17.5 Å².